The van der Waals surface area contributed by atoms with Gasteiger partial charge >= 0.3 is 5.97 Å². The molecule has 0 aliphatic carbocycles. The highest BCUT2D eigenvalue weighted by Crippen LogP contribution is 2.33. The second-order valence-electron chi connectivity index (χ2n) is 6.31. The Morgan fingerprint density at radius 3 is 2.42 bits per heavy atom. The van der Waals surface area contributed by atoms with E-state index in [1.54, 1.807) is 0 Å². The summed E-state index contributed by atoms with van der Waals surface area (Å²) >= 11 is 0. The third-order valence-electron chi connectivity index (χ3n) is 4.30. The number of carboxylic acid groups (broad SMARTS) is 1. The molecule has 152 valence electrons. The summed E-state index contributed by atoms with van der Waals surface area (Å²) in [6.07, 6.45) is -8.17. The lowest BCUT2D eigenvalue weighted by Gasteiger charge is -2.46. The number of ketones is 1. The topological polar surface area (TPSA) is 186 Å². The monoisotopic (exact) mass is 381 g/mol. The number of carboxylic acids is 1. The summed E-state index contributed by atoms with van der Waals surface area (Å²) in [5, 5.41) is 61.2. The fraction of sp³-hybridized carbons (Fsp3) is 0.867. The number of aliphatic hydroxyl groups excluding tert-OH is 5. The molecule has 0 spiro atoms. The number of carbonyl (C=O) groups is 2. The smallest absolute Gasteiger partial charge is 0.364 e. The molecule has 1 saturated heterocycles. The molecule has 2 unspecified atom stereocenters. The Bertz CT molecular complexity index is 489. The van der Waals surface area contributed by atoms with Crippen LogP contribution in [0.15, 0.2) is 0 Å². The number of Topliss-reactive ketones (excluding diaryl/α,β-unsaturated/α-hetero) is 1. The van der Waals surface area contributed by atoms with Crippen LogP contribution in [0.25, 0.3) is 0 Å². The minimum atomic E-state index is -2.28. The zero-order valence-corrected chi connectivity index (χ0v) is 14.6. The number of aliphatic hydroxyl groups is 5. The molecule has 11 nitrogen and oxygen atoms in total. The average Bonchev–Trinajstić information content (AvgIpc) is 2.59. The molecule has 0 amide bonds. The number of carbonyl (C=O) groups excluding carboxylic acids is 1. The SMILES string of the molecule is COC1(C(=O)O)CC(O)[C@@H](N[C@@H](O)CCC(C)=O)[C@@H]([C@H](O)[C@H](O)CO)O1. The quantitative estimate of drug-likeness (QED) is 0.190. The number of ether oxygens (including phenoxy) is 2. The molecule has 0 radical (unpaired) electrons. The van der Waals surface area contributed by atoms with Crippen molar-refractivity contribution in [3.8, 4) is 0 Å². The van der Waals surface area contributed by atoms with Gasteiger partial charge in [0.25, 0.3) is 5.79 Å². The highest BCUT2D eigenvalue weighted by Gasteiger charge is 2.55. The fourth-order valence-electron chi connectivity index (χ4n) is 2.78. The molecule has 1 aliphatic heterocycles. The van der Waals surface area contributed by atoms with Crippen LogP contribution in [0.3, 0.4) is 0 Å². The van der Waals surface area contributed by atoms with E-state index in [1.165, 1.54) is 6.92 Å². The van der Waals surface area contributed by atoms with Crippen molar-refractivity contribution in [1.29, 1.82) is 0 Å². The highest BCUT2D eigenvalue weighted by atomic mass is 16.7. The number of methoxy groups -OCH3 is 1. The molecule has 1 fully saturated rings. The summed E-state index contributed by atoms with van der Waals surface area (Å²) in [5.41, 5.74) is 0. The van der Waals surface area contributed by atoms with Crippen LogP contribution in [0.1, 0.15) is 26.2 Å². The lowest BCUT2D eigenvalue weighted by molar-refractivity contribution is -0.306. The molecule has 26 heavy (non-hydrogen) atoms. The van der Waals surface area contributed by atoms with Gasteiger partial charge in [0.15, 0.2) is 0 Å². The fourth-order valence-corrected chi connectivity index (χ4v) is 2.78. The van der Waals surface area contributed by atoms with E-state index in [4.69, 9.17) is 14.6 Å². The second-order valence-corrected chi connectivity index (χ2v) is 6.31. The van der Waals surface area contributed by atoms with Crippen LogP contribution >= 0.6 is 0 Å². The van der Waals surface area contributed by atoms with E-state index in [-0.39, 0.29) is 18.6 Å². The normalized spacial score (nSPS) is 32.7. The predicted molar refractivity (Wildman–Crippen MR) is 84.8 cm³/mol. The third kappa shape index (κ3) is 5.41. The number of hydrogen-bond acceptors (Lipinski definition) is 10. The van der Waals surface area contributed by atoms with E-state index in [2.05, 4.69) is 5.32 Å². The van der Waals surface area contributed by atoms with Crippen LogP contribution in [0.5, 0.6) is 0 Å². The van der Waals surface area contributed by atoms with E-state index < -0.39 is 61.5 Å². The van der Waals surface area contributed by atoms with Crippen LogP contribution < -0.4 is 5.32 Å². The third-order valence-corrected chi connectivity index (χ3v) is 4.30. The molecule has 11 heteroatoms. The standard InChI is InChI=1S/C15H27NO10/c1-7(18)3-4-10(21)16-11-8(19)5-15(25-2,14(23)24)26-13(11)12(22)9(20)6-17/h8-13,16-17,19-22H,3-6H2,1-2H3,(H,23,24)/t8?,9-,10+,11-,12-,13+,15?/m1/s1. The van der Waals surface area contributed by atoms with E-state index in [0.717, 1.165) is 7.11 Å². The van der Waals surface area contributed by atoms with Crippen molar-refractivity contribution in [3.05, 3.63) is 0 Å². The molecule has 0 aromatic carbocycles. The van der Waals surface area contributed by atoms with E-state index >= 15 is 0 Å². The zero-order valence-electron chi connectivity index (χ0n) is 14.6. The van der Waals surface area contributed by atoms with Crippen LogP contribution in [-0.4, -0.2) is 98.6 Å². The Morgan fingerprint density at radius 2 is 1.96 bits per heavy atom. The maximum atomic E-state index is 11.5. The Kier molecular flexibility index (Phi) is 8.50. The van der Waals surface area contributed by atoms with Crippen LogP contribution in [0.2, 0.25) is 0 Å². The van der Waals surface area contributed by atoms with Crippen molar-refractivity contribution >= 4 is 11.8 Å². The van der Waals surface area contributed by atoms with E-state index in [0.29, 0.717) is 0 Å². The van der Waals surface area contributed by atoms with Gasteiger partial charge in [0, 0.05) is 20.0 Å². The van der Waals surface area contributed by atoms with Gasteiger partial charge in [-0.15, -0.1) is 0 Å². The Hall–Kier alpha value is -1.18. The summed E-state index contributed by atoms with van der Waals surface area (Å²) in [7, 11) is 1.04. The molecule has 7 N–H and O–H groups in total. The minimum absolute atomic E-state index is 0.0122. The van der Waals surface area contributed by atoms with Gasteiger partial charge in [-0.25, -0.2) is 4.79 Å². The second kappa shape index (κ2) is 9.67. The van der Waals surface area contributed by atoms with Gasteiger partial charge in [0.1, 0.15) is 30.3 Å². The molecule has 7 atom stereocenters. The van der Waals surface area contributed by atoms with Gasteiger partial charge < -0.3 is 44.9 Å². The van der Waals surface area contributed by atoms with E-state index in [1.807, 2.05) is 0 Å². The van der Waals surface area contributed by atoms with Crippen molar-refractivity contribution in [3.63, 3.8) is 0 Å². The number of rotatable bonds is 10. The maximum Gasteiger partial charge on any atom is 0.364 e. The Labute approximate surface area is 150 Å². The number of aliphatic carboxylic acids is 1. The zero-order chi connectivity index (χ0) is 20.1. The first-order valence-corrected chi connectivity index (χ1v) is 8.13. The van der Waals surface area contributed by atoms with Crippen LogP contribution in [-0.2, 0) is 19.1 Å². The first kappa shape index (κ1) is 22.9. The molecule has 0 aromatic heterocycles. The number of hydrogen-bond donors (Lipinski definition) is 7. The molecule has 0 bridgehead atoms. The van der Waals surface area contributed by atoms with Crippen molar-refractivity contribution in [2.24, 2.45) is 0 Å². The average molecular weight is 381 g/mol. The van der Waals surface area contributed by atoms with Crippen molar-refractivity contribution in [2.45, 2.75) is 68.7 Å². The Balaban J connectivity index is 3.04. The lowest BCUT2D eigenvalue weighted by Crippen LogP contribution is -2.68. The first-order valence-electron chi connectivity index (χ1n) is 8.13. The summed E-state index contributed by atoms with van der Waals surface area (Å²) in [5.74, 6) is -3.99. The van der Waals surface area contributed by atoms with Gasteiger partial charge in [-0.3, -0.25) is 5.32 Å². The van der Waals surface area contributed by atoms with Crippen LogP contribution in [0.4, 0.5) is 0 Å². The van der Waals surface area contributed by atoms with Gasteiger partial charge in [-0.2, -0.15) is 0 Å². The molecule has 1 heterocycles. The number of nitrogens with one attached hydrogen (secondary N) is 1. The lowest BCUT2D eigenvalue weighted by atomic mass is 9.88. The van der Waals surface area contributed by atoms with Gasteiger partial charge in [-0.05, 0) is 13.3 Å². The summed E-state index contributed by atoms with van der Waals surface area (Å²) < 4.78 is 10.2. The van der Waals surface area contributed by atoms with Gasteiger partial charge in [-0.1, -0.05) is 0 Å². The molecule has 0 saturated carbocycles. The van der Waals surface area contributed by atoms with Crippen molar-refractivity contribution < 1.29 is 49.7 Å². The van der Waals surface area contributed by atoms with Crippen molar-refractivity contribution in [1.82, 2.24) is 5.32 Å². The highest BCUT2D eigenvalue weighted by molar-refractivity contribution is 5.76. The summed E-state index contributed by atoms with van der Waals surface area (Å²) in [4.78, 5) is 22.5. The van der Waals surface area contributed by atoms with Crippen LogP contribution in [0, 0.1) is 0 Å². The largest absolute Gasteiger partial charge is 0.477 e. The molecular weight excluding hydrogens is 354 g/mol. The van der Waals surface area contributed by atoms with Gasteiger partial charge in [0.05, 0.1) is 18.8 Å². The van der Waals surface area contributed by atoms with Gasteiger partial charge in [0.2, 0.25) is 0 Å². The molecule has 1 aliphatic rings. The molecule has 0 aromatic rings. The first-order chi connectivity index (χ1) is 12.1. The maximum absolute atomic E-state index is 11.5. The van der Waals surface area contributed by atoms with Crippen molar-refractivity contribution in [2.75, 3.05) is 13.7 Å². The van der Waals surface area contributed by atoms with E-state index in [9.17, 15) is 35.1 Å². The predicted octanol–water partition coefficient (Wildman–Crippen LogP) is -3.08. The summed E-state index contributed by atoms with van der Waals surface area (Å²) in [6, 6.07) is -1.20. The molecule has 1 rings (SSSR count). The Morgan fingerprint density at radius 1 is 1.35 bits per heavy atom. The summed E-state index contributed by atoms with van der Waals surface area (Å²) in [6.45, 7) is 0.499. The molecular formula is C15H27NO10. The minimum Gasteiger partial charge on any atom is -0.477 e.